The number of ketones is 1. The Bertz CT molecular complexity index is 724. The molecule has 1 unspecified atom stereocenters. The number of carbonyl (C=O) groups is 1. The summed E-state index contributed by atoms with van der Waals surface area (Å²) in [6.07, 6.45) is 3.94. The van der Waals surface area contributed by atoms with Crippen LogP contribution in [0.3, 0.4) is 0 Å². The lowest BCUT2D eigenvalue weighted by Gasteiger charge is -2.03. The van der Waals surface area contributed by atoms with Gasteiger partial charge in [-0.25, -0.2) is 0 Å². The average molecular weight is 330 g/mol. The van der Waals surface area contributed by atoms with E-state index in [-0.39, 0.29) is 12.4 Å². The molecule has 2 aromatic carbocycles. The molecule has 0 aliphatic heterocycles. The van der Waals surface area contributed by atoms with Gasteiger partial charge in [-0.1, -0.05) is 47.5 Å². The van der Waals surface area contributed by atoms with Crippen molar-refractivity contribution in [1.29, 1.82) is 0 Å². The van der Waals surface area contributed by atoms with Gasteiger partial charge in [-0.15, -0.1) is 12.4 Å². The largest absolute Gasteiger partial charge is 0.324 e. The fraction of sp³-hybridized carbons (Fsp3) is 0.350. The molecule has 4 rings (SSSR count). The average Bonchev–Trinajstić information content (AvgIpc) is 3.03. The van der Waals surface area contributed by atoms with Gasteiger partial charge in [0.25, 0.3) is 0 Å². The molecular formula is C20H24ClNO. The molecule has 1 atom stereocenters. The Balaban J connectivity index is 0.000000160. The summed E-state index contributed by atoms with van der Waals surface area (Å²) >= 11 is 0. The SMILES string of the molecule is Cc1ccc2c(c1)CCC2=O.Cc1ccc2c(c1)CCC2N.Cl. The number of hydrogen-bond donors (Lipinski definition) is 1. The minimum absolute atomic E-state index is 0. The molecule has 2 N–H and O–H groups in total. The van der Waals surface area contributed by atoms with Gasteiger partial charge in [0.05, 0.1) is 0 Å². The van der Waals surface area contributed by atoms with E-state index in [1.54, 1.807) is 0 Å². The first kappa shape index (κ1) is 17.7. The van der Waals surface area contributed by atoms with Crippen LogP contribution in [-0.4, -0.2) is 5.78 Å². The van der Waals surface area contributed by atoms with Gasteiger partial charge in [0.1, 0.15) is 0 Å². The maximum Gasteiger partial charge on any atom is 0.163 e. The third-order valence-electron chi connectivity index (χ3n) is 4.61. The van der Waals surface area contributed by atoms with Crippen LogP contribution in [0.25, 0.3) is 0 Å². The van der Waals surface area contributed by atoms with E-state index in [9.17, 15) is 4.79 Å². The van der Waals surface area contributed by atoms with E-state index in [1.807, 2.05) is 12.1 Å². The first-order valence-electron chi connectivity index (χ1n) is 8.02. The molecule has 0 saturated carbocycles. The third kappa shape index (κ3) is 3.82. The molecular weight excluding hydrogens is 306 g/mol. The summed E-state index contributed by atoms with van der Waals surface area (Å²) in [4.78, 5) is 11.2. The van der Waals surface area contributed by atoms with E-state index in [0.717, 1.165) is 24.8 Å². The first-order valence-corrected chi connectivity index (χ1v) is 8.02. The summed E-state index contributed by atoms with van der Waals surface area (Å²) in [5, 5.41) is 0. The summed E-state index contributed by atoms with van der Waals surface area (Å²) in [5.74, 6) is 0.306. The van der Waals surface area contributed by atoms with Crippen LogP contribution in [-0.2, 0) is 12.8 Å². The molecule has 0 heterocycles. The zero-order chi connectivity index (χ0) is 15.7. The van der Waals surface area contributed by atoms with Crippen LogP contribution in [0.15, 0.2) is 36.4 Å². The van der Waals surface area contributed by atoms with Crippen molar-refractivity contribution in [2.45, 2.75) is 45.6 Å². The Kier molecular flexibility index (Phi) is 5.61. The molecule has 23 heavy (non-hydrogen) atoms. The zero-order valence-electron chi connectivity index (χ0n) is 13.8. The number of fused-ring (bicyclic) bond motifs is 2. The minimum Gasteiger partial charge on any atom is -0.324 e. The number of aryl methyl sites for hydroxylation is 4. The molecule has 0 saturated heterocycles. The highest BCUT2D eigenvalue weighted by atomic mass is 35.5. The molecule has 0 bridgehead atoms. The number of carbonyl (C=O) groups excluding carboxylic acids is 1. The standard InChI is InChI=1S/C10H13N.C10H10O.ClH/c2*1-7-2-4-9-8(6-7)3-5-10(9)11;/h2,4,6,10H,3,5,11H2,1H3;2,4,6H,3,5H2,1H3;1H. The van der Waals surface area contributed by atoms with Gasteiger partial charge < -0.3 is 5.73 Å². The molecule has 0 amide bonds. The van der Waals surface area contributed by atoms with Crippen molar-refractivity contribution in [3.05, 3.63) is 69.8 Å². The van der Waals surface area contributed by atoms with Crippen molar-refractivity contribution in [3.8, 4) is 0 Å². The summed E-state index contributed by atoms with van der Waals surface area (Å²) in [6.45, 7) is 4.19. The number of rotatable bonds is 0. The molecule has 0 radical (unpaired) electrons. The number of Topliss-reactive ketones (excluding diaryl/α,β-unsaturated/α-hetero) is 1. The molecule has 2 aliphatic carbocycles. The van der Waals surface area contributed by atoms with E-state index in [2.05, 4.69) is 38.1 Å². The maximum atomic E-state index is 11.2. The Morgan fingerprint density at radius 3 is 2.30 bits per heavy atom. The summed E-state index contributed by atoms with van der Waals surface area (Å²) < 4.78 is 0. The fourth-order valence-electron chi connectivity index (χ4n) is 3.36. The zero-order valence-corrected chi connectivity index (χ0v) is 14.6. The maximum absolute atomic E-state index is 11.2. The van der Waals surface area contributed by atoms with E-state index >= 15 is 0 Å². The first-order chi connectivity index (χ1) is 10.5. The lowest BCUT2D eigenvalue weighted by molar-refractivity contribution is 0.0994. The van der Waals surface area contributed by atoms with Gasteiger partial charge in [-0.2, -0.15) is 0 Å². The Morgan fingerprint density at radius 1 is 0.913 bits per heavy atom. The normalized spacial score (nSPS) is 17.7. The van der Waals surface area contributed by atoms with Gasteiger partial charge in [-0.05, 0) is 49.8 Å². The number of benzene rings is 2. The Hall–Kier alpha value is -1.64. The van der Waals surface area contributed by atoms with Crippen molar-refractivity contribution in [2.75, 3.05) is 0 Å². The van der Waals surface area contributed by atoms with Gasteiger partial charge in [-0.3, -0.25) is 4.79 Å². The van der Waals surface area contributed by atoms with Crippen LogP contribution in [0.5, 0.6) is 0 Å². The quantitative estimate of drug-likeness (QED) is 0.774. The topological polar surface area (TPSA) is 43.1 Å². The van der Waals surface area contributed by atoms with Gasteiger partial charge in [0, 0.05) is 18.0 Å². The van der Waals surface area contributed by atoms with Crippen molar-refractivity contribution in [1.82, 2.24) is 0 Å². The van der Waals surface area contributed by atoms with Crippen LogP contribution in [0, 0.1) is 13.8 Å². The monoisotopic (exact) mass is 329 g/mol. The van der Waals surface area contributed by atoms with Gasteiger partial charge >= 0.3 is 0 Å². The van der Waals surface area contributed by atoms with Crippen molar-refractivity contribution in [3.63, 3.8) is 0 Å². The highest BCUT2D eigenvalue weighted by molar-refractivity contribution is 6.00. The molecule has 0 spiro atoms. The van der Waals surface area contributed by atoms with Gasteiger partial charge in [0.15, 0.2) is 5.78 Å². The summed E-state index contributed by atoms with van der Waals surface area (Å²) in [5.41, 5.74) is 13.5. The van der Waals surface area contributed by atoms with Crippen LogP contribution in [0.1, 0.15) is 57.1 Å². The van der Waals surface area contributed by atoms with Crippen LogP contribution in [0.2, 0.25) is 0 Å². The second-order valence-electron chi connectivity index (χ2n) is 6.43. The second-order valence-corrected chi connectivity index (χ2v) is 6.43. The predicted molar refractivity (Wildman–Crippen MR) is 97.5 cm³/mol. The smallest absolute Gasteiger partial charge is 0.163 e. The summed E-state index contributed by atoms with van der Waals surface area (Å²) in [6, 6.07) is 12.9. The van der Waals surface area contributed by atoms with Crippen molar-refractivity contribution < 1.29 is 4.79 Å². The van der Waals surface area contributed by atoms with Crippen LogP contribution >= 0.6 is 12.4 Å². The summed E-state index contributed by atoms with van der Waals surface area (Å²) in [7, 11) is 0. The van der Waals surface area contributed by atoms with E-state index in [4.69, 9.17) is 5.73 Å². The molecule has 122 valence electrons. The predicted octanol–water partition coefficient (Wildman–Crippen LogP) is 4.49. The number of halogens is 1. The molecule has 2 aromatic rings. The second kappa shape index (κ2) is 7.29. The van der Waals surface area contributed by atoms with Crippen LogP contribution in [0.4, 0.5) is 0 Å². The third-order valence-corrected chi connectivity index (χ3v) is 4.61. The highest BCUT2D eigenvalue weighted by Crippen LogP contribution is 2.29. The lowest BCUT2D eigenvalue weighted by Crippen LogP contribution is -2.04. The Labute approximate surface area is 144 Å². The van der Waals surface area contributed by atoms with Crippen LogP contribution < -0.4 is 5.73 Å². The lowest BCUT2D eigenvalue weighted by atomic mass is 10.1. The molecule has 0 fully saturated rings. The van der Waals surface area contributed by atoms with Crippen molar-refractivity contribution in [2.24, 2.45) is 5.73 Å². The highest BCUT2D eigenvalue weighted by Gasteiger charge is 2.18. The Morgan fingerprint density at radius 2 is 1.57 bits per heavy atom. The fourth-order valence-corrected chi connectivity index (χ4v) is 3.36. The van der Waals surface area contributed by atoms with E-state index in [1.165, 1.54) is 27.8 Å². The molecule has 0 aromatic heterocycles. The van der Waals surface area contributed by atoms with Gasteiger partial charge in [0.2, 0.25) is 0 Å². The molecule has 2 aliphatic rings. The molecule has 3 heteroatoms. The number of hydrogen-bond acceptors (Lipinski definition) is 2. The van der Waals surface area contributed by atoms with E-state index in [0.29, 0.717) is 18.2 Å². The number of nitrogens with two attached hydrogens (primary N) is 1. The van der Waals surface area contributed by atoms with E-state index < -0.39 is 0 Å². The minimum atomic E-state index is 0. The molecule has 2 nitrogen and oxygen atoms in total. The van der Waals surface area contributed by atoms with Crippen molar-refractivity contribution >= 4 is 18.2 Å².